The minimum atomic E-state index is -0.992. The number of anilines is 1. The van der Waals surface area contributed by atoms with Crippen LogP contribution in [0.2, 0.25) is 0 Å². The predicted molar refractivity (Wildman–Crippen MR) is 87.6 cm³/mol. The van der Waals surface area contributed by atoms with E-state index in [1.807, 2.05) is 30.3 Å². The lowest BCUT2D eigenvalue weighted by atomic mass is 10.2. The van der Waals surface area contributed by atoms with Crippen LogP contribution in [0.3, 0.4) is 0 Å². The Morgan fingerprint density at radius 3 is 2.44 bits per heavy atom. The molecule has 1 aliphatic rings. The summed E-state index contributed by atoms with van der Waals surface area (Å²) >= 11 is 0. The van der Waals surface area contributed by atoms with Crippen molar-refractivity contribution < 1.29 is 23.9 Å². The van der Waals surface area contributed by atoms with E-state index in [2.05, 4.69) is 15.6 Å². The van der Waals surface area contributed by atoms with Gasteiger partial charge in [0.2, 0.25) is 0 Å². The summed E-state index contributed by atoms with van der Waals surface area (Å²) in [4.78, 5) is 34.8. The number of carbonyl (C=O) groups excluding carboxylic acids is 3. The van der Waals surface area contributed by atoms with Gasteiger partial charge in [0.05, 0.1) is 5.69 Å². The zero-order chi connectivity index (χ0) is 17.6. The quantitative estimate of drug-likeness (QED) is 0.810. The number of amides is 4. The molecule has 0 spiro atoms. The fourth-order valence-corrected chi connectivity index (χ4v) is 2.11. The molecule has 2 N–H and O–H groups in total. The second-order valence-electron chi connectivity index (χ2n) is 5.14. The molecule has 25 heavy (non-hydrogen) atoms. The summed E-state index contributed by atoms with van der Waals surface area (Å²) in [7, 11) is 0. The number of benzene rings is 2. The van der Waals surface area contributed by atoms with E-state index in [1.165, 1.54) is 0 Å². The monoisotopic (exact) mass is 341 g/mol. The summed E-state index contributed by atoms with van der Waals surface area (Å²) in [5.41, 5.74) is 6.47. The third-order valence-corrected chi connectivity index (χ3v) is 3.37. The Hall–Kier alpha value is -3.55. The topological polar surface area (TPSA) is 97.0 Å². The molecule has 0 saturated carbocycles. The number of urea groups is 1. The molecule has 1 heterocycles. The molecular formula is C17H15N3O5. The smallest absolute Gasteiger partial charge is 0.425 e. The Balaban J connectivity index is 1.50. The molecule has 0 bridgehead atoms. The van der Waals surface area contributed by atoms with E-state index >= 15 is 0 Å². The molecule has 0 atom stereocenters. The van der Waals surface area contributed by atoms with E-state index in [1.54, 1.807) is 24.3 Å². The van der Waals surface area contributed by atoms with Crippen LogP contribution < -0.4 is 15.6 Å². The van der Waals surface area contributed by atoms with Gasteiger partial charge in [-0.3, -0.25) is 15.6 Å². The van der Waals surface area contributed by atoms with Crippen LogP contribution in [0.15, 0.2) is 54.6 Å². The molecule has 0 radical (unpaired) electrons. The van der Waals surface area contributed by atoms with Crippen molar-refractivity contribution in [1.29, 1.82) is 0 Å². The van der Waals surface area contributed by atoms with Gasteiger partial charge < -0.3 is 9.47 Å². The Morgan fingerprint density at radius 1 is 1.08 bits per heavy atom. The molecule has 0 unspecified atom stereocenters. The maximum absolute atomic E-state index is 11.8. The van der Waals surface area contributed by atoms with E-state index in [9.17, 15) is 14.4 Å². The van der Waals surface area contributed by atoms with Crippen molar-refractivity contribution >= 4 is 23.7 Å². The highest BCUT2D eigenvalue weighted by Gasteiger charge is 2.36. The van der Waals surface area contributed by atoms with Crippen LogP contribution >= 0.6 is 0 Å². The SMILES string of the molecule is O=C1COC(=O)N1C(=O)NNc1ccc(OCc2ccccc2)cc1. The standard InChI is InChI=1S/C17H15N3O5/c21-15-11-25-17(23)20(15)16(22)19-18-13-6-8-14(9-7-13)24-10-12-4-2-1-3-5-12/h1-9,18H,10-11H2,(H,19,22). The Morgan fingerprint density at radius 2 is 1.80 bits per heavy atom. The highest BCUT2D eigenvalue weighted by atomic mass is 16.6. The van der Waals surface area contributed by atoms with Crippen LogP contribution in [0, 0.1) is 0 Å². The first-order chi connectivity index (χ1) is 12.1. The van der Waals surface area contributed by atoms with Gasteiger partial charge in [0.15, 0.2) is 6.61 Å². The second kappa shape index (κ2) is 7.35. The lowest BCUT2D eigenvalue weighted by Crippen LogP contribution is -2.45. The summed E-state index contributed by atoms with van der Waals surface area (Å²) in [6, 6.07) is 15.7. The summed E-state index contributed by atoms with van der Waals surface area (Å²) in [6.07, 6.45) is -0.992. The van der Waals surface area contributed by atoms with E-state index in [0.29, 0.717) is 22.9 Å². The van der Waals surface area contributed by atoms with E-state index in [0.717, 1.165) is 5.56 Å². The molecule has 4 amide bonds. The first kappa shape index (κ1) is 16.3. The first-order valence-electron chi connectivity index (χ1n) is 7.46. The van der Waals surface area contributed by atoms with Gasteiger partial charge in [-0.05, 0) is 29.8 Å². The molecule has 3 rings (SSSR count). The summed E-state index contributed by atoms with van der Waals surface area (Å²) in [5.74, 6) is -0.0482. The van der Waals surface area contributed by atoms with Crippen LogP contribution in [0.1, 0.15) is 5.56 Å². The van der Waals surface area contributed by atoms with Crippen molar-refractivity contribution in [3.05, 3.63) is 60.2 Å². The second-order valence-corrected chi connectivity index (χ2v) is 5.14. The summed E-state index contributed by atoms with van der Waals surface area (Å²) < 4.78 is 10.1. The lowest BCUT2D eigenvalue weighted by Gasteiger charge is -2.13. The Kier molecular flexibility index (Phi) is 4.79. The van der Waals surface area contributed by atoms with E-state index < -0.39 is 24.6 Å². The highest BCUT2D eigenvalue weighted by Crippen LogP contribution is 2.16. The molecule has 8 nitrogen and oxygen atoms in total. The van der Waals surface area contributed by atoms with Gasteiger partial charge in [-0.25, -0.2) is 9.59 Å². The van der Waals surface area contributed by atoms with Crippen molar-refractivity contribution in [2.45, 2.75) is 6.61 Å². The van der Waals surface area contributed by atoms with Crippen molar-refractivity contribution in [1.82, 2.24) is 10.3 Å². The third kappa shape index (κ3) is 4.05. The van der Waals surface area contributed by atoms with Crippen LogP contribution in [-0.4, -0.2) is 29.5 Å². The normalized spacial score (nSPS) is 13.4. The van der Waals surface area contributed by atoms with Crippen molar-refractivity contribution in [3.8, 4) is 5.75 Å². The van der Waals surface area contributed by atoms with Crippen molar-refractivity contribution in [3.63, 3.8) is 0 Å². The number of carbonyl (C=O) groups is 3. The molecule has 2 aromatic carbocycles. The molecule has 128 valence electrons. The number of nitrogens with zero attached hydrogens (tertiary/aromatic N) is 1. The molecular weight excluding hydrogens is 326 g/mol. The largest absolute Gasteiger partial charge is 0.489 e. The highest BCUT2D eigenvalue weighted by molar-refractivity contribution is 6.11. The molecule has 1 saturated heterocycles. The fourth-order valence-electron chi connectivity index (χ4n) is 2.11. The van der Waals surface area contributed by atoms with Gasteiger partial charge in [0.1, 0.15) is 12.4 Å². The zero-order valence-electron chi connectivity index (χ0n) is 13.1. The molecule has 0 aromatic heterocycles. The maximum Gasteiger partial charge on any atom is 0.425 e. The van der Waals surface area contributed by atoms with E-state index in [4.69, 9.17) is 4.74 Å². The van der Waals surface area contributed by atoms with Crippen LogP contribution in [0.4, 0.5) is 15.3 Å². The number of ether oxygens (including phenoxy) is 2. The van der Waals surface area contributed by atoms with Crippen LogP contribution in [-0.2, 0) is 16.1 Å². The summed E-state index contributed by atoms with van der Waals surface area (Å²) in [6.45, 7) is 0.0171. The number of hydrogen-bond donors (Lipinski definition) is 2. The van der Waals surface area contributed by atoms with Gasteiger partial charge in [-0.15, -0.1) is 0 Å². The number of hydrogen-bond acceptors (Lipinski definition) is 6. The van der Waals surface area contributed by atoms with Gasteiger partial charge in [-0.1, -0.05) is 30.3 Å². The van der Waals surface area contributed by atoms with Gasteiger partial charge in [0.25, 0.3) is 5.91 Å². The minimum absolute atomic E-state index is 0.393. The predicted octanol–water partition coefficient (Wildman–Crippen LogP) is 2.28. The zero-order valence-corrected chi connectivity index (χ0v) is 13.1. The number of cyclic esters (lactones) is 1. The van der Waals surface area contributed by atoms with Crippen LogP contribution in [0.25, 0.3) is 0 Å². The molecule has 0 aliphatic carbocycles. The van der Waals surface area contributed by atoms with Gasteiger partial charge >= 0.3 is 12.1 Å². The summed E-state index contributed by atoms with van der Waals surface area (Å²) in [5, 5.41) is 0. The molecule has 2 aromatic rings. The maximum atomic E-state index is 11.8. The molecule has 1 fully saturated rings. The number of nitrogens with one attached hydrogen (secondary N) is 2. The Bertz CT molecular complexity index is 761. The third-order valence-electron chi connectivity index (χ3n) is 3.37. The van der Waals surface area contributed by atoms with Crippen molar-refractivity contribution in [2.24, 2.45) is 0 Å². The number of rotatable bonds is 5. The molecule has 8 heteroatoms. The average Bonchev–Trinajstić information content (AvgIpc) is 2.98. The van der Waals surface area contributed by atoms with Crippen molar-refractivity contribution in [2.75, 3.05) is 12.0 Å². The van der Waals surface area contributed by atoms with Crippen LogP contribution in [0.5, 0.6) is 5.75 Å². The molecule has 1 aliphatic heterocycles. The fraction of sp³-hybridized carbons (Fsp3) is 0.118. The van der Waals surface area contributed by atoms with E-state index in [-0.39, 0.29) is 0 Å². The number of hydrazine groups is 1. The average molecular weight is 341 g/mol. The number of imide groups is 3. The Labute approximate surface area is 143 Å². The minimum Gasteiger partial charge on any atom is -0.489 e. The first-order valence-corrected chi connectivity index (χ1v) is 7.46. The van der Waals surface area contributed by atoms with Gasteiger partial charge in [0, 0.05) is 0 Å². The lowest BCUT2D eigenvalue weighted by molar-refractivity contribution is -0.124. The van der Waals surface area contributed by atoms with Gasteiger partial charge in [-0.2, -0.15) is 4.90 Å².